The SMILES string of the molecule is COC(=O)[C@]12CCC(C)(C)C[C@H]1C1=CC[C@@H]3[C@@]4(C)CC[C@H](O[C@@H]5O[C@H](COC(C)=O)[C@@H](O[C@@H]6O[C@H](COC(C)=O)[C@@H](OC(C)=O)[C@H](OC(C)=O)[C@H]6OC(C)=O)[C@H](OC(C)=O)[C@H]5OC(C)=O)C(C)(C)[C@@H]4CC[C@@]3(C)[C@]1(C)CC2. The molecule has 432 valence electrons. The summed E-state index contributed by atoms with van der Waals surface area (Å²) in [7, 11) is 1.52. The number of carbonyl (C=O) groups is 8. The normalized spacial score (nSPS) is 40.6. The predicted molar refractivity (Wildman–Crippen MR) is 269 cm³/mol. The molecule has 0 aromatic heterocycles. The summed E-state index contributed by atoms with van der Waals surface area (Å²) in [4.78, 5) is 103. The Morgan fingerprint density at radius 3 is 1.53 bits per heavy atom. The van der Waals surface area contributed by atoms with Crippen molar-refractivity contribution in [2.45, 2.75) is 229 Å². The van der Waals surface area contributed by atoms with Crippen molar-refractivity contribution >= 4 is 47.8 Å². The van der Waals surface area contributed by atoms with Gasteiger partial charge in [0.25, 0.3) is 0 Å². The lowest BCUT2D eigenvalue weighted by molar-refractivity contribution is -0.369. The molecule has 0 amide bonds. The maximum Gasteiger partial charge on any atom is 0.312 e. The molecule has 7 aliphatic rings. The second kappa shape index (κ2) is 22.5. The third-order valence-electron chi connectivity index (χ3n) is 19.4. The van der Waals surface area contributed by atoms with Crippen molar-refractivity contribution in [2.75, 3.05) is 20.3 Å². The lowest BCUT2D eigenvalue weighted by atomic mass is 9.33. The zero-order valence-electron chi connectivity index (χ0n) is 47.8. The number of hydrogen-bond donors (Lipinski definition) is 0. The van der Waals surface area contributed by atoms with Gasteiger partial charge >= 0.3 is 47.8 Å². The molecule has 0 aromatic rings. The van der Waals surface area contributed by atoms with Gasteiger partial charge < -0.3 is 56.8 Å². The van der Waals surface area contributed by atoms with Gasteiger partial charge in [-0.25, -0.2) is 0 Å². The van der Waals surface area contributed by atoms with Crippen molar-refractivity contribution in [1.29, 1.82) is 0 Å². The number of methoxy groups -OCH3 is 1. The zero-order chi connectivity index (χ0) is 57.0. The van der Waals surface area contributed by atoms with E-state index < -0.39 is 133 Å². The van der Waals surface area contributed by atoms with Crippen LogP contribution in [0.3, 0.4) is 0 Å². The number of allylic oxidation sites excluding steroid dienone is 2. The lowest BCUT2D eigenvalue weighted by Crippen LogP contribution is -2.68. The molecule has 0 aromatic carbocycles. The topological polar surface area (TPSA) is 247 Å². The first-order valence-electron chi connectivity index (χ1n) is 27.4. The molecule has 5 aliphatic carbocycles. The number of carbonyl (C=O) groups excluding carboxylic acids is 8. The van der Waals surface area contributed by atoms with Crippen LogP contribution in [0.5, 0.6) is 0 Å². The summed E-state index contributed by atoms with van der Waals surface area (Å²) in [5, 5.41) is 0. The van der Waals surface area contributed by atoms with Crippen LogP contribution in [0.2, 0.25) is 0 Å². The van der Waals surface area contributed by atoms with E-state index in [1.807, 2.05) is 0 Å². The fourth-order valence-corrected chi connectivity index (χ4v) is 15.8. The van der Waals surface area contributed by atoms with E-state index in [0.29, 0.717) is 12.3 Å². The second-order valence-corrected chi connectivity index (χ2v) is 25.0. The van der Waals surface area contributed by atoms with Crippen LogP contribution in [0, 0.1) is 50.2 Å². The van der Waals surface area contributed by atoms with Crippen LogP contribution in [0.4, 0.5) is 0 Å². The molecule has 6 fully saturated rings. The summed E-state index contributed by atoms with van der Waals surface area (Å²) in [5.41, 5.74) is 0.136. The van der Waals surface area contributed by atoms with Crippen LogP contribution in [-0.2, 0) is 95.2 Å². The average Bonchev–Trinajstić information content (AvgIpc) is 3.38. The smallest absolute Gasteiger partial charge is 0.312 e. The van der Waals surface area contributed by atoms with Crippen molar-refractivity contribution < 1.29 is 95.2 Å². The van der Waals surface area contributed by atoms with Crippen LogP contribution in [0.1, 0.15) is 161 Å². The van der Waals surface area contributed by atoms with Gasteiger partial charge in [-0.15, -0.1) is 0 Å². The summed E-state index contributed by atoms with van der Waals surface area (Å²) in [6, 6.07) is 0. The first-order chi connectivity index (χ1) is 35.8. The highest BCUT2D eigenvalue weighted by Crippen LogP contribution is 2.76. The molecule has 2 heterocycles. The molecule has 2 aliphatic heterocycles. The Balaban J connectivity index is 1.22. The van der Waals surface area contributed by atoms with Crippen molar-refractivity contribution in [3.05, 3.63) is 11.6 Å². The molecule has 20 nitrogen and oxygen atoms in total. The fourth-order valence-electron chi connectivity index (χ4n) is 15.8. The van der Waals surface area contributed by atoms with Gasteiger partial charge in [-0.2, -0.15) is 0 Å². The van der Waals surface area contributed by atoms with E-state index in [4.69, 9.17) is 56.8 Å². The van der Waals surface area contributed by atoms with Crippen LogP contribution in [0.25, 0.3) is 0 Å². The molecule has 7 rings (SSSR count). The highest BCUT2D eigenvalue weighted by Gasteiger charge is 2.70. The first-order valence-corrected chi connectivity index (χ1v) is 27.4. The van der Waals surface area contributed by atoms with Crippen LogP contribution in [-0.4, -0.2) is 136 Å². The van der Waals surface area contributed by atoms with Crippen LogP contribution in [0.15, 0.2) is 11.6 Å². The minimum absolute atomic E-state index is 0.0738. The zero-order valence-corrected chi connectivity index (χ0v) is 47.8. The standard InChI is InChI=1S/C57H84O20/c1-29(58)67-27-38-43(69-31(3)60)45(70-32(4)61)48(73-35(7)64)50(75-38)77-44-39(28-68-30(2)59)74-49(47(72-34(6)63)46(44)71-33(5)62)76-42-19-20-54(12)40(53(42,10)11)18-21-56(14)41(54)17-16-36-37-26-52(8,9)22-24-57(37,51(65)66-15)25-23-55(36,56)13/h16,37-50H,17-28H2,1-15H3/t37-,38+,39+,40-,41+,42-,43+,44+,45-,46-,47+,48+,49-,50-,54-,55+,56+,57-/m0/s1. The van der Waals surface area contributed by atoms with Crippen molar-refractivity contribution in [2.24, 2.45) is 50.2 Å². The molecule has 0 unspecified atom stereocenters. The van der Waals surface area contributed by atoms with Gasteiger partial charge in [0.15, 0.2) is 43.1 Å². The molecular formula is C57H84O20. The Bertz CT molecular complexity index is 2330. The largest absolute Gasteiger partial charge is 0.469 e. The molecule has 2 saturated heterocycles. The predicted octanol–water partition coefficient (Wildman–Crippen LogP) is 6.97. The summed E-state index contributed by atoms with van der Waals surface area (Å²) in [6.45, 7) is 23.2. The van der Waals surface area contributed by atoms with E-state index in [1.165, 1.54) is 26.5 Å². The van der Waals surface area contributed by atoms with E-state index in [-0.39, 0.29) is 39.5 Å². The maximum absolute atomic E-state index is 13.8. The van der Waals surface area contributed by atoms with E-state index in [1.54, 1.807) is 0 Å². The van der Waals surface area contributed by atoms with E-state index >= 15 is 0 Å². The molecule has 4 saturated carbocycles. The Labute approximate surface area is 452 Å². The minimum Gasteiger partial charge on any atom is -0.469 e. The van der Waals surface area contributed by atoms with Crippen molar-refractivity contribution in [1.82, 2.24) is 0 Å². The third-order valence-corrected chi connectivity index (χ3v) is 19.4. The quantitative estimate of drug-likeness (QED) is 0.0737. The summed E-state index contributed by atoms with van der Waals surface area (Å²) < 4.78 is 71.9. The van der Waals surface area contributed by atoms with Gasteiger partial charge in [-0.05, 0) is 109 Å². The Hall–Kier alpha value is -4.66. The Morgan fingerprint density at radius 1 is 0.532 bits per heavy atom. The summed E-state index contributed by atoms with van der Waals surface area (Å²) in [5.74, 6) is -5.24. The van der Waals surface area contributed by atoms with Gasteiger partial charge in [-0.1, -0.05) is 60.1 Å². The van der Waals surface area contributed by atoms with Gasteiger partial charge in [0, 0.05) is 48.5 Å². The number of hydrogen-bond acceptors (Lipinski definition) is 20. The molecular weight excluding hydrogens is 1000 g/mol. The Morgan fingerprint density at radius 2 is 1.01 bits per heavy atom. The van der Waals surface area contributed by atoms with Crippen LogP contribution < -0.4 is 0 Å². The fraction of sp³-hybridized carbons (Fsp3) is 0.825. The van der Waals surface area contributed by atoms with E-state index in [0.717, 1.165) is 92.4 Å². The highest BCUT2D eigenvalue weighted by atomic mass is 16.8. The summed E-state index contributed by atoms with van der Waals surface area (Å²) >= 11 is 0. The average molecular weight is 1090 g/mol. The number of rotatable bonds is 14. The van der Waals surface area contributed by atoms with Crippen molar-refractivity contribution in [3.63, 3.8) is 0 Å². The lowest BCUT2D eigenvalue weighted by Gasteiger charge is -2.71. The molecule has 77 heavy (non-hydrogen) atoms. The number of ether oxygens (including phenoxy) is 12. The monoisotopic (exact) mass is 1090 g/mol. The van der Waals surface area contributed by atoms with Crippen LogP contribution >= 0.6 is 0 Å². The van der Waals surface area contributed by atoms with Gasteiger partial charge in [0.05, 0.1) is 18.6 Å². The highest BCUT2D eigenvalue weighted by molar-refractivity contribution is 5.78. The second-order valence-electron chi connectivity index (χ2n) is 25.0. The van der Waals surface area contributed by atoms with Crippen molar-refractivity contribution in [3.8, 4) is 0 Å². The molecule has 0 radical (unpaired) electrons. The van der Waals surface area contributed by atoms with Gasteiger partial charge in [-0.3, -0.25) is 38.4 Å². The maximum atomic E-state index is 13.8. The molecule has 0 N–H and O–H groups in total. The molecule has 20 heteroatoms. The van der Waals surface area contributed by atoms with E-state index in [2.05, 4.69) is 54.5 Å². The van der Waals surface area contributed by atoms with E-state index in [9.17, 15) is 38.4 Å². The third kappa shape index (κ3) is 11.5. The number of esters is 8. The first kappa shape index (κ1) is 60.0. The number of fused-ring (bicyclic) bond motifs is 7. The molecule has 0 spiro atoms. The summed E-state index contributed by atoms with van der Waals surface area (Å²) in [6.07, 6.45) is -5.10. The molecule has 18 atom stereocenters. The van der Waals surface area contributed by atoms with Gasteiger partial charge in [0.2, 0.25) is 0 Å². The van der Waals surface area contributed by atoms with Gasteiger partial charge in [0.1, 0.15) is 31.5 Å². The minimum atomic E-state index is -1.81. The molecule has 0 bridgehead atoms. The Kier molecular flexibility index (Phi) is 17.5.